The molecule has 0 bridgehead atoms. The first kappa shape index (κ1) is 19.3. The van der Waals surface area contributed by atoms with Crippen molar-refractivity contribution in [2.75, 3.05) is 7.11 Å². The standard InChI is InChI=1S/C23H24O6/c1-4-14-9-18-16-7-5-6-8-17(16)22(24)29-20(18)11-19(14)27-12-15-10-21(23(25)26-3)28-13(15)2/h9-11H,4-8,12H2,1-3H3. The van der Waals surface area contributed by atoms with Crippen LogP contribution in [-0.2, 0) is 30.6 Å². The maximum absolute atomic E-state index is 12.4. The van der Waals surface area contributed by atoms with Crippen LogP contribution in [0, 0.1) is 6.92 Å². The van der Waals surface area contributed by atoms with Crippen LogP contribution in [0.2, 0.25) is 0 Å². The number of benzene rings is 1. The number of carbonyl (C=O) groups is 1. The van der Waals surface area contributed by atoms with Crippen molar-refractivity contribution >= 4 is 16.9 Å². The fourth-order valence-electron chi connectivity index (χ4n) is 3.95. The number of carbonyl (C=O) groups excluding carboxylic acids is 1. The Bertz CT molecular complexity index is 1130. The molecule has 1 aromatic carbocycles. The lowest BCUT2D eigenvalue weighted by Crippen LogP contribution is -2.16. The molecule has 6 nitrogen and oxygen atoms in total. The Labute approximate surface area is 168 Å². The number of furan rings is 1. The van der Waals surface area contributed by atoms with Gasteiger partial charge in [-0.25, -0.2) is 9.59 Å². The van der Waals surface area contributed by atoms with Crippen molar-refractivity contribution in [3.63, 3.8) is 0 Å². The number of hydrogen-bond acceptors (Lipinski definition) is 6. The summed E-state index contributed by atoms with van der Waals surface area (Å²) in [4.78, 5) is 24.0. The van der Waals surface area contributed by atoms with Gasteiger partial charge in [-0.05, 0) is 62.3 Å². The minimum absolute atomic E-state index is 0.149. The molecule has 0 amide bonds. The molecule has 0 spiro atoms. The number of esters is 1. The second-order valence-corrected chi connectivity index (χ2v) is 7.34. The minimum Gasteiger partial charge on any atom is -0.488 e. The number of fused-ring (bicyclic) bond motifs is 3. The second kappa shape index (κ2) is 7.78. The highest BCUT2D eigenvalue weighted by atomic mass is 16.5. The normalized spacial score (nSPS) is 13.3. The molecule has 0 aliphatic heterocycles. The highest BCUT2D eigenvalue weighted by molar-refractivity contribution is 5.86. The SMILES string of the molecule is CCc1cc2c3c(c(=O)oc2cc1OCc1cc(C(=O)OC)oc1C)CCCC3. The van der Waals surface area contributed by atoms with E-state index in [0.29, 0.717) is 17.1 Å². The molecule has 6 heteroatoms. The molecular formula is C23H24O6. The molecule has 29 heavy (non-hydrogen) atoms. The molecule has 152 valence electrons. The topological polar surface area (TPSA) is 78.9 Å². The molecule has 3 aromatic rings. The molecule has 2 heterocycles. The van der Waals surface area contributed by atoms with E-state index in [9.17, 15) is 9.59 Å². The van der Waals surface area contributed by atoms with Gasteiger partial charge in [-0.3, -0.25) is 0 Å². The maximum atomic E-state index is 12.4. The Morgan fingerprint density at radius 2 is 1.83 bits per heavy atom. The van der Waals surface area contributed by atoms with E-state index in [2.05, 4.69) is 13.0 Å². The summed E-state index contributed by atoms with van der Waals surface area (Å²) >= 11 is 0. The first-order chi connectivity index (χ1) is 14.0. The molecule has 0 saturated heterocycles. The van der Waals surface area contributed by atoms with E-state index in [0.717, 1.165) is 59.7 Å². The lowest BCUT2D eigenvalue weighted by molar-refractivity contribution is 0.0563. The summed E-state index contributed by atoms with van der Waals surface area (Å²) in [5.74, 6) is 0.894. The number of aryl methyl sites for hydroxylation is 3. The van der Waals surface area contributed by atoms with Crippen molar-refractivity contribution in [2.24, 2.45) is 0 Å². The van der Waals surface area contributed by atoms with E-state index >= 15 is 0 Å². The molecule has 0 atom stereocenters. The average Bonchev–Trinajstić information content (AvgIpc) is 3.12. The Morgan fingerprint density at radius 3 is 2.55 bits per heavy atom. The number of hydrogen-bond donors (Lipinski definition) is 0. The Morgan fingerprint density at radius 1 is 1.07 bits per heavy atom. The molecule has 0 saturated carbocycles. The van der Waals surface area contributed by atoms with Gasteiger partial charge in [0.05, 0.1) is 7.11 Å². The zero-order valence-corrected chi connectivity index (χ0v) is 16.9. The van der Waals surface area contributed by atoms with Gasteiger partial charge in [0.15, 0.2) is 0 Å². The number of methoxy groups -OCH3 is 1. The van der Waals surface area contributed by atoms with Crippen molar-refractivity contribution in [3.8, 4) is 5.75 Å². The van der Waals surface area contributed by atoms with E-state index in [1.807, 2.05) is 0 Å². The predicted molar refractivity (Wildman–Crippen MR) is 108 cm³/mol. The highest BCUT2D eigenvalue weighted by Crippen LogP contribution is 2.32. The molecule has 2 aromatic heterocycles. The summed E-state index contributed by atoms with van der Waals surface area (Å²) in [6.45, 7) is 4.08. The monoisotopic (exact) mass is 396 g/mol. The second-order valence-electron chi connectivity index (χ2n) is 7.34. The van der Waals surface area contributed by atoms with Gasteiger partial charge in [0.2, 0.25) is 5.76 Å². The summed E-state index contributed by atoms with van der Waals surface area (Å²) in [6.07, 6.45) is 4.61. The van der Waals surface area contributed by atoms with Crippen LogP contribution in [0.15, 0.2) is 31.8 Å². The van der Waals surface area contributed by atoms with Gasteiger partial charge >= 0.3 is 11.6 Å². The molecule has 1 aliphatic rings. The zero-order chi connectivity index (χ0) is 20.5. The maximum Gasteiger partial charge on any atom is 0.373 e. The van der Waals surface area contributed by atoms with Crippen LogP contribution in [0.5, 0.6) is 5.75 Å². The largest absolute Gasteiger partial charge is 0.488 e. The summed E-state index contributed by atoms with van der Waals surface area (Å²) < 4.78 is 21.8. The van der Waals surface area contributed by atoms with Crippen molar-refractivity contribution in [3.05, 3.63) is 62.4 Å². The molecule has 1 aliphatic carbocycles. The highest BCUT2D eigenvalue weighted by Gasteiger charge is 2.20. The lowest BCUT2D eigenvalue weighted by Gasteiger charge is -2.18. The lowest BCUT2D eigenvalue weighted by atomic mass is 9.90. The van der Waals surface area contributed by atoms with E-state index < -0.39 is 5.97 Å². The average molecular weight is 396 g/mol. The smallest absolute Gasteiger partial charge is 0.373 e. The van der Waals surface area contributed by atoms with Gasteiger partial charge in [-0.2, -0.15) is 0 Å². The molecule has 0 unspecified atom stereocenters. The van der Waals surface area contributed by atoms with Crippen molar-refractivity contribution < 1.29 is 23.1 Å². The molecule has 0 N–H and O–H groups in total. The van der Waals surface area contributed by atoms with Crippen LogP contribution < -0.4 is 10.4 Å². The first-order valence-corrected chi connectivity index (χ1v) is 9.93. The zero-order valence-electron chi connectivity index (χ0n) is 16.9. The van der Waals surface area contributed by atoms with Crippen LogP contribution in [-0.4, -0.2) is 13.1 Å². The van der Waals surface area contributed by atoms with Gasteiger partial charge in [0.1, 0.15) is 23.7 Å². The predicted octanol–water partition coefficient (Wildman–Crippen LogP) is 4.50. The number of rotatable bonds is 5. The van der Waals surface area contributed by atoms with Crippen molar-refractivity contribution in [1.82, 2.24) is 0 Å². The van der Waals surface area contributed by atoms with Crippen molar-refractivity contribution in [2.45, 2.75) is 52.6 Å². The first-order valence-electron chi connectivity index (χ1n) is 9.93. The van der Waals surface area contributed by atoms with Crippen LogP contribution >= 0.6 is 0 Å². The molecule has 0 fully saturated rings. The Balaban J connectivity index is 1.68. The number of ether oxygens (including phenoxy) is 2. The fourth-order valence-corrected chi connectivity index (χ4v) is 3.95. The van der Waals surface area contributed by atoms with Gasteiger partial charge in [-0.15, -0.1) is 0 Å². The van der Waals surface area contributed by atoms with Gasteiger partial charge in [-0.1, -0.05) is 6.92 Å². The van der Waals surface area contributed by atoms with Gasteiger partial charge in [0, 0.05) is 22.6 Å². The Kier molecular flexibility index (Phi) is 5.18. The quantitative estimate of drug-likeness (QED) is 0.467. The van der Waals surface area contributed by atoms with E-state index in [4.69, 9.17) is 18.3 Å². The molecular weight excluding hydrogens is 372 g/mol. The summed E-state index contributed by atoms with van der Waals surface area (Å²) in [5, 5.41) is 1.01. The summed E-state index contributed by atoms with van der Waals surface area (Å²) in [7, 11) is 1.31. The minimum atomic E-state index is -0.522. The van der Waals surface area contributed by atoms with Crippen LogP contribution in [0.1, 0.15) is 58.3 Å². The van der Waals surface area contributed by atoms with E-state index in [1.165, 1.54) is 7.11 Å². The van der Waals surface area contributed by atoms with Crippen LogP contribution in [0.4, 0.5) is 0 Å². The van der Waals surface area contributed by atoms with Crippen LogP contribution in [0.3, 0.4) is 0 Å². The van der Waals surface area contributed by atoms with E-state index in [-0.39, 0.29) is 18.0 Å². The third-order valence-electron chi connectivity index (χ3n) is 5.58. The summed E-state index contributed by atoms with van der Waals surface area (Å²) in [6, 6.07) is 5.52. The van der Waals surface area contributed by atoms with Crippen molar-refractivity contribution in [1.29, 1.82) is 0 Å². The summed E-state index contributed by atoms with van der Waals surface area (Å²) in [5.41, 5.74) is 4.08. The third-order valence-corrected chi connectivity index (χ3v) is 5.58. The Hall–Kier alpha value is -3.02. The molecule has 0 radical (unpaired) electrons. The fraction of sp³-hybridized carbons (Fsp3) is 0.391. The van der Waals surface area contributed by atoms with E-state index in [1.54, 1.807) is 19.1 Å². The third kappa shape index (κ3) is 3.55. The van der Waals surface area contributed by atoms with Gasteiger partial charge in [0.25, 0.3) is 0 Å². The van der Waals surface area contributed by atoms with Crippen LogP contribution in [0.25, 0.3) is 11.0 Å². The molecule has 4 rings (SSSR count). The van der Waals surface area contributed by atoms with Gasteiger partial charge < -0.3 is 18.3 Å².